The molecule has 1 aromatic carbocycles. The topological polar surface area (TPSA) is 37.0 Å². The summed E-state index contributed by atoms with van der Waals surface area (Å²) in [5.74, 6) is 1.44. The number of benzene rings is 1. The van der Waals surface area contributed by atoms with Gasteiger partial charge >= 0.3 is 0 Å². The zero-order valence-corrected chi connectivity index (χ0v) is 14.6. The number of alkyl halides is 2. The van der Waals surface area contributed by atoms with Gasteiger partial charge in [0.1, 0.15) is 5.82 Å². The zero-order valence-electron chi connectivity index (χ0n) is 13.4. The molecule has 1 aliphatic rings. The van der Waals surface area contributed by atoms with Gasteiger partial charge in [0.15, 0.2) is 0 Å². The minimum Gasteiger partial charge on any atom is -0.370 e. The van der Waals surface area contributed by atoms with Crippen molar-refractivity contribution in [2.75, 3.05) is 25.0 Å². The summed E-state index contributed by atoms with van der Waals surface area (Å²) < 4.78 is 27.5. The fraction of sp³-hybridized carbons (Fsp3) is 0.389. The van der Waals surface area contributed by atoms with Gasteiger partial charge in [-0.2, -0.15) is 8.78 Å². The fourth-order valence-corrected chi connectivity index (χ4v) is 3.27. The average Bonchev–Trinajstić information content (AvgIpc) is 2.61. The van der Waals surface area contributed by atoms with Crippen LogP contribution in [0.5, 0.6) is 0 Å². The monoisotopic (exact) mass is 349 g/mol. The Kier molecular flexibility index (Phi) is 5.42. The van der Waals surface area contributed by atoms with Crippen LogP contribution < -0.4 is 10.6 Å². The molecule has 1 aromatic heterocycles. The molecular weight excluding hydrogens is 327 g/mol. The van der Waals surface area contributed by atoms with E-state index in [-0.39, 0.29) is 5.56 Å². The van der Waals surface area contributed by atoms with Crippen LogP contribution in [0.1, 0.15) is 18.4 Å². The summed E-state index contributed by atoms with van der Waals surface area (Å²) in [4.78, 5) is 4.38. The molecule has 0 bridgehead atoms. The van der Waals surface area contributed by atoms with E-state index in [9.17, 15) is 8.78 Å². The van der Waals surface area contributed by atoms with Crippen LogP contribution in [-0.4, -0.2) is 24.6 Å². The number of anilines is 1. The molecule has 2 aromatic rings. The third-order valence-electron chi connectivity index (χ3n) is 4.39. The Bertz CT molecular complexity index is 665. The highest BCUT2D eigenvalue weighted by Gasteiger charge is 2.27. The molecule has 24 heavy (non-hydrogen) atoms. The van der Waals surface area contributed by atoms with Crippen LogP contribution in [0.3, 0.4) is 0 Å². The highest BCUT2D eigenvalue weighted by Crippen LogP contribution is 2.40. The van der Waals surface area contributed by atoms with Crippen LogP contribution in [0.4, 0.5) is 14.6 Å². The van der Waals surface area contributed by atoms with Crippen LogP contribution in [0, 0.1) is 5.92 Å². The van der Waals surface area contributed by atoms with Crippen molar-refractivity contribution >= 4 is 15.1 Å². The van der Waals surface area contributed by atoms with E-state index in [1.807, 2.05) is 12.1 Å². The highest BCUT2D eigenvalue weighted by molar-refractivity contribution is 7.17. The molecule has 1 fully saturated rings. The number of piperidine rings is 1. The Morgan fingerprint density at radius 2 is 1.92 bits per heavy atom. The number of pyridine rings is 1. The Morgan fingerprint density at radius 3 is 2.58 bits per heavy atom. The molecule has 3 nitrogen and oxygen atoms in total. The molecule has 1 aliphatic heterocycles. The van der Waals surface area contributed by atoms with Crippen molar-refractivity contribution in [2.24, 2.45) is 5.92 Å². The lowest BCUT2D eigenvalue weighted by atomic mass is 9.98. The van der Waals surface area contributed by atoms with Gasteiger partial charge in [0.05, 0.1) is 0 Å². The maximum absolute atomic E-state index is 13.7. The molecule has 2 heterocycles. The van der Waals surface area contributed by atoms with E-state index >= 15 is 0 Å². The summed E-state index contributed by atoms with van der Waals surface area (Å²) in [5.41, 5.74) is -1.76. The van der Waals surface area contributed by atoms with E-state index in [1.54, 1.807) is 33.6 Å². The van der Waals surface area contributed by atoms with Gasteiger partial charge in [-0.05, 0) is 49.5 Å². The molecule has 2 N–H and O–H groups in total. The molecule has 0 radical (unpaired) electrons. The molecule has 1 atom stereocenters. The molecule has 128 valence electrons. The number of aromatic nitrogens is 1. The van der Waals surface area contributed by atoms with E-state index in [1.165, 1.54) is 18.9 Å². The summed E-state index contributed by atoms with van der Waals surface area (Å²) >= 11 is 0. The van der Waals surface area contributed by atoms with E-state index < -0.39 is 5.66 Å². The predicted octanol–water partition coefficient (Wildman–Crippen LogP) is 4.08. The highest BCUT2D eigenvalue weighted by atomic mass is 31.0. The SMILES string of the molecule is FC(F)(P)c1ccccc1-c1ccc(NCC2CCNCC2)nc1. The molecule has 6 heteroatoms. The first-order valence-corrected chi connectivity index (χ1v) is 8.79. The fourth-order valence-electron chi connectivity index (χ4n) is 3.02. The summed E-state index contributed by atoms with van der Waals surface area (Å²) in [6.45, 7) is 3.03. The lowest BCUT2D eigenvalue weighted by Gasteiger charge is -2.23. The number of nitrogens with zero attached hydrogens (tertiary/aromatic N) is 1. The van der Waals surface area contributed by atoms with Crippen LogP contribution in [0.25, 0.3) is 11.1 Å². The Hall–Kier alpha value is -1.58. The molecule has 1 saturated heterocycles. The van der Waals surface area contributed by atoms with Crippen LogP contribution in [0.15, 0.2) is 42.6 Å². The second-order valence-electron chi connectivity index (χ2n) is 6.17. The van der Waals surface area contributed by atoms with Crippen molar-refractivity contribution < 1.29 is 8.78 Å². The van der Waals surface area contributed by atoms with Crippen molar-refractivity contribution in [3.05, 3.63) is 48.2 Å². The molecule has 0 amide bonds. The molecule has 0 spiro atoms. The normalized spacial score (nSPS) is 16.1. The quantitative estimate of drug-likeness (QED) is 0.799. The van der Waals surface area contributed by atoms with E-state index in [4.69, 9.17) is 0 Å². The summed E-state index contributed by atoms with van der Waals surface area (Å²) in [6, 6.07) is 10.2. The third-order valence-corrected chi connectivity index (χ3v) is 4.70. The van der Waals surface area contributed by atoms with Gasteiger partial charge in [-0.3, -0.25) is 0 Å². The number of nitrogens with one attached hydrogen (secondary N) is 2. The number of hydrogen-bond donors (Lipinski definition) is 2. The number of halogens is 2. The lowest BCUT2D eigenvalue weighted by Crippen LogP contribution is -2.31. The van der Waals surface area contributed by atoms with Crippen molar-refractivity contribution in [1.82, 2.24) is 10.3 Å². The van der Waals surface area contributed by atoms with Crippen LogP contribution >= 0.6 is 9.24 Å². The molecule has 3 rings (SSSR count). The first-order chi connectivity index (χ1) is 11.5. The van der Waals surface area contributed by atoms with Gasteiger partial charge in [-0.1, -0.05) is 33.5 Å². The second-order valence-corrected chi connectivity index (χ2v) is 6.90. The third kappa shape index (κ3) is 4.28. The van der Waals surface area contributed by atoms with Crippen molar-refractivity contribution in [3.63, 3.8) is 0 Å². The van der Waals surface area contributed by atoms with Gasteiger partial charge < -0.3 is 10.6 Å². The summed E-state index contributed by atoms with van der Waals surface area (Å²) in [5, 5.41) is 6.70. The van der Waals surface area contributed by atoms with Gasteiger partial charge in [-0.25, -0.2) is 4.98 Å². The minimum absolute atomic E-state index is 0.00721. The number of hydrogen-bond acceptors (Lipinski definition) is 3. The molecule has 0 aliphatic carbocycles. The Morgan fingerprint density at radius 1 is 1.17 bits per heavy atom. The molecular formula is C18H22F2N3P. The predicted molar refractivity (Wildman–Crippen MR) is 97.4 cm³/mol. The second kappa shape index (κ2) is 7.54. The van der Waals surface area contributed by atoms with E-state index in [0.29, 0.717) is 17.0 Å². The van der Waals surface area contributed by atoms with Crippen molar-refractivity contribution in [1.29, 1.82) is 0 Å². The Balaban J connectivity index is 1.71. The lowest BCUT2D eigenvalue weighted by molar-refractivity contribution is 0.104. The van der Waals surface area contributed by atoms with Crippen molar-refractivity contribution in [2.45, 2.75) is 18.5 Å². The first-order valence-electron chi connectivity index (χ1n) is 8.21. The largest absolute Gasteiger partial charge is 0.370 e. The van der Waals surface area contributed by atoms with Crippen LogP contribution in [0.2, 0.25) is 0 Å². The van der Waals surface area contributed by atoms with E-state index in [2.05, 4.69) is 15.6 Å². The maximum atomic E-state index is 13.7. The van der Waals surface area contributed by atoms with Gasteiger partial charge in [0.2, 0.25) is 0 Å². The Labute approximate surface area is 143 Å². The molecule has 0 saturated carbocycles. The minimum atomic E-state index is -2.96. The number of rotatable bonds is 5. The molecule has 1 unspecified atom stereocenters. The first kappa shape index (κ1) is 17.2. The summed E-state index contributed by atoms with van der Waals surface area (Å²) in [6.07, 6.45) is 3.99. The average molecular weight is 349 g/mol. The van der Waals surface area contributed by atoms with Gasteiger partial charge in [-0.15, -0.1) is 0 Å². The zero-order chi connectivity index (χ0) is 17.0. The van der Waals surface area contributed by atoms with Crippen LogP contribution in [-0.2, 0) is 5.66 Å². The van der Waals surface area contributed by atoms with E-state index in [0.717, 1.165) is 25.5 Å². The van der Waals surface area contributed by atoms with Gasteiger partial charge in [0.25, 0.3) is 5.66 Å². The summed E-state index contributed by atoms with van der Waals surface area (Å²) in [7, 11) is 1.60. The maximum Gasteiger partial charge on any atom is 0.284 e. The smallest absolute Gasteiger partial charge is 0.284 e. The standard InChI is InChI=1S/C18H22F2N3P/c19-18(20,24)16-4-2-1-3-15(16)14-5-6-17(23-12-14)22-11-13-7-9-21-10-8-13/h1-6,12-13,21H,7-11,24H2,(H,22,23). The van der Waals surface area contributed by atoms with Gasteiger partial charge in [0, 0.05) is 23.9 Å². The van der Waals surface area contributed by atoms with Crippen molar-refractivity contribution in [3.8, 4) is 11.1 Å².